The Morgan fingerprint density at radius 2 is 2.21 bits per heavy atom. The molecule has 120 valence electrons. The van der Waals surface area contributed by atoms with Crippen molar-refractivity contribution in [1.82, 2.24) is 9.55 Å². The van der Waals surface area contributed by atoms with Gasteiger partial charge in [0.05, 0.1) is 12.1 Å². The highest BCUT2D eigenvalue weighted by Crippen LogP contribution is 2.22. The van der Waals surface area contributed by atoms with Crippen LogP contribution >= 0.6 is 0 Å². The fourth-order valence-corrected chi connectivity index (χ4v) is 2.58. The second kappa shape index (κ2) is 6.50. The number of hydrogen-bond acceptors (Lipinski definition) is 4. The highest BCUT2D eigenvalue weighted by molar-refractivity contribution is 5.94. The largest absolute Gasteiger partial charge is 0.461 e. The molecule has 3 aromatic rings. The van der Waals surface area contributed by atoms with E-state index < -0.39 is 5.97 Å². The molecule has 24 heavy (non-hydrogen) atoms. The highest BCUT2D eigenvalue weighted by Gasteiger charge is 2.16. The molecule has 0 radical (unpaired) electrons. The van der Waals surface area contributed by atoms with E-state index in [4.69, 9.17) is 4.74 Å². The van der Waals surface area contributed by atoms with Gasteiger partial charge in [0.25, 0.3) is 0 Å². The molecule has 1 aromatic carbocycles. The van der Waals surface area contributed by atoms with E-state index in [-0.39, 0.29) is 23.8 Å². The molecule has 2 aromatic heterocycles. The molecule has 0 atom stereocenters. The van der Waals surface area contributed by atoms with Gasteiger partial charge in [-0.2, -0.15) is 5.26 Å². The van der Waals surface area contributed by atoms with Gasteiger partial charge >= 0.3 is 5.97 Å². The van der Waals surface area contributed by atoms with Crippen molar-refractivity contribution in [3.63, 3.8) is 0 Å². The zero-order valence-corrected chi connectivity index (χ0v) is 13.0. The molecule has 0 saturated carbocycles. The smallest absolute Gasteiger partial charge is 0.356 e. The Bertz CT molecular complexity index is 957. The number of fused-ring (bicyclic) bond motifs is 1. The maximum Gasteiger partial charge on any atom is 0.356 e. The van der Waals surface area contributed by atoms with E-state index in [0.29, 0.717) is 17.4 Å². The lowest BCUT2D eigenvalue weighted by molar-refractivity contribution is 0.0519. The van der Waals surface area contributed by atoms with Gasteiger partial charge in [0, 0.05) is 18.1 Å². The highest BCUT2D eigenvalue weighted by atomic mass is 19.1. The van der Waals surface area contributed by atoms with Crippen LogP contribution in [0.1, 0.15) is 28.7 Å². The van der Waals surface area contributed by atoms with Crippen LogP contribution in [-0.4, -0.2) is 22.1 Å². The monoisotopic (exact) mass is 323 g/mol. The van der Waals surface area contributed by atoms with Crippen LogP contribution < -0.4 is 0 Å². The van der Waals surface area contributed by atoms with Gasteiger partial charge in [0.2, 0.25) is 0 Å². The van der Waals surface area contributed by atoms with Crippen LogP contribution in [0.25, 0.3) is 10.9 Å². The fourth-order valence-electron chi connectivity index (χ4n) is 2.58. The number of ether oxygens (including phenoxy) is 1. The van der Waals surface area contributed by atoms with Crippen molar-refractivity contribution in [2.24, 2.45) is 0 Å². The van der Waals surface area contributed by atoms with E-state index in [0.717, 1.165) is 5.56 Å². The zero-order chi connectivity index (χ0) is 17.1. The number of aromatic nitrogens is 2. The Labute approximate surface area is 137 Å². The van der Waals surface area contributed by atoms with E-state index in [1.165, 1.54) is 12.1 Å². The number of halogens is 1. The number of rotatable bonds is 4. The molecule has 0 saturated heterocycles. The Balaban J connectivity index is 2.05. The minimum absolute atomic E-state index is 0.101. The summed E-state index contributed by atoms with van der Waals surface area (Å²) in [7, 11) is 0. The topological polar surface area (TPSA) is 67.9 Å². The summed E-state index contributed by atoms with van der Waals surface area (Å²) in [5.74, 6) is -0.874. The van der Waals surface area contributed by atoms with Crippen LogP contribution in [-0.2, 0) is 11.3 Å². The number of benzene rings is 1. The number of nitriles is 1. The summed E-state index contributed by atoms with van der Waals surface area (Å²) in [5, 5.41) is 10.1. The molecule has 0 N–H and O–H groups in total. The Morgan fingerprint density at radius 3 is 2.92 bits per heavy atom. The average molecular weight is 323 g/mol. The van der Waals surface area contributed by atoms with Crippen molar-refractivity contribution in [2.45, 2.75) is 13.5 Å². The van der Waals surface area contributed by atoms with E-state index >= 15 is 0 Å². The van der Waals surface area contributed by atoms with Gasteiger partial charge in [-0.25, -0.2) is 14.2 Å². The van der Waals surface area contributed by atoms with E-state index in [2.05, 4.69) is 4.98 Å². The van der Waals surface area contributed by atoms with Crippen molar-refractivity contribution >= 4 is 16.9 Å². The number of esters is 1. The lowest BCUT2D eigenvalue weighted by Crippen LogP contribution is -2.09. The Hall–Kier alpha value is -3.20. The van der Waals surface area contributed by atoms with E-state index in [1.807, 2.05) is 10.6 Å². The maximum absolute atomic E-state index is 13.3. The molecule has 3 rings (SSSR count). The minimum atomic E-state index is -0.561. The van der Waals surface area contributed by atoms with Crippen LogP contribution in [0.3, 0.4) is 0 Å². The van der Waals surface area contributed by atoms with Crippen LogP contribution in [0, 0.1) is 17.1 Å². The standard InChI is InChI=1S/C18H14FN3O2/c1-2-24-18(23)15-9-13-6-7-22(17(13)16(10-20)21-15)11-12-4-3-5-14(19)8-12/h3-9H,2,11H2,1H3. The zero-order valence-electron chi connectivity index (χ0n) is 13.0. The van der Waals surface area contributed by atoms with E-state index in [1.54, 1.807) is 37.4 Å². The molecule has 0 bridgehead atoms. The summed E-state index contributed by atoms with van der Waals surface area (Å²) in [6.45, 7) is 2.34. The molecular formula is C18H14FN3O2. The van der Waals surface area contributed by atoms with Crippen LogP contribution in [0.2, 0.25) is 0 Å². The normalized spacial score (nSPS) is 10.5. The van der Waals surface area contributed by atoms with Crippen molar-refractivity contribution in [3.8, 4) is 6.07 Å². The summed E-state index contributed by atoms with van der Waals surface area (Å²) in [6.07, 6.45) is 1.78. The number of carbonyl (C=O) groups excluding carboxylic acids is 1. The second-order valence-electron chi connectivity index (χ2n) is 5.20. The molecule has 0 unspecified atom stereocenters. The van der Waals surface area contributed by atoms with Crippen LogP contribution in [0.4, 0.5) is 4.39 Å². The van der Waals surface area contributed by atoms with Gasteiger partial charge in [-0.1, -0.05) is 12.1 Å². The average Bonchev–Trinajstić information content (AvgIpc) is 2.97. The summed E-state index contributed by atoms with van der Waals surface area (Å²) in [6, 6.07) is 11.7. The quantitative estimate of drug-likeness (QED) is 0.691. The maximum atomic E-state index is 13.3. The fraction of sp³-hybridized carbons (Fsp3) is 0.167. The summed E-state index contributed by atoms with van der Waals surface area (Å²) in [5.41, 5.74) is 1.61. The van der Waals surface area contributed by atoms with Crippen molar-refractivity contribution < 1.29 is 13.9 Å². The minimum Gasteiger partial charge on any atom is -0.461 e. The second-order valence-corrected chi connectivity index (χ2v) is 5.20. The predicted octanol–water partition coefficient (Wildman–Crippen LogP) is 3.27. The molecule has 6 heteroatoms. The van der Waals surface area contributed by atoms with Gasteiger partial charge in [-0.15, -0.1) is 0 Å². The molecular weight excluding hydrogens is 309 g/mol. The van der Waals surface area contributed by atoms with Gasteiger partial charge < -0.3 is 9.30 Å². The first-order chi connectivity index (χ1) is 11.6. The van der Waals surface area contributed by atoms with Crippen LogP contribution in [0.5, 0.6) is 0 Å². The molecule has 0 aliphatic rings. The summed E-state index contributed by atoms with van der Waals surface area (Å²) in [4.78, 5) is 15.9. The lowest BCUT2D eigenvalue weighted by Gasteiger charge is -2.08. The van der Waals surface area contributed by atoms with Gasteiger partial charge in [-0.3, -0.25) is 0 Å². The molecule has 0 amide bonds. The first kappa shape index (κ1) is 15.7. The van der Waals surface area contributed by atoms with E-state index in [9.17, 15) is 14.4 Å². The predicted molar refractivity (Wildman–Crippen MR) is 85.9 cm³/mol. The number of hydrogen-bond donors (Lipinski definition) is 0. The molecule has 0 spiro atoms. The van der Waals surface area contributed by atoms with Crippen molar-refractivity contribution in [1.29, 1.82) is 5.26 Å². The third-order valence-electron chi connectivity index (χ3n) is 3.58. The molecule has 2 heterocycles. The SMILES string of the molecule is CCOC(=O)c1cc2ccn(Cc3cccc(F)c3)c2c(C#N)n1. The molecule has 5 nitrogen and oxygen atoms in total. The molecule has 0 aliphatic carbocycles. The third-order valence-corrected chi connectivity index (χ3v) is 3.58. The molecule has 0 fully saturated rings. The van der Waals surface area contributed by atoms with Gasteiger partial charge in [0.1, 0.15) is 11.9 Å². The summed E-state index contributed by atoms with van der Waals surface area (Å²) >= 11 is 0. The van der Waals surface area contributed by atoms with Gasteiger partial charge in [0.15, 0.2) is 11.4 Å². The number of nitrogens with zero attached hydrogens (tertiary/aromatic N) is 3. The Kier molecular flexibility index (Phi) is 4.25. The molecule has 0 aliphatic heterocycles. The number of carbonyl (C=O) groups is 1. The Morgan fingerprint density at radius 1 is 1.38 bits per heavy atom. The van der Waals surface area contributed by atoms with Crippen molar-refractivity contribution in [3.05, 3.63) is 65.4 Å². The number of pyridine rings is 1. The van der Waals surface area contributed by atoms with Crippen LogP contribution in [0.15, 0.2) is 42.6 Å². The first-order valence-corrected chi connectivity index (χ1v) is 7.44. The lowest BCUT2D eigenvalue weighted by atomic mass is 10.2. The first-order valence-electron chi connectivity index (χ1n) is 7.44. The summed E-state index contributed by atoms with van der Waals surface area (Å²) < 4.78 is 20.1. The van der Waals surface area contributed by atoms with Crippen molar-refractivity contribution in [2.75, 3.05) is 6.61 Å². The van der Waals surface area contributed by atoms with Gasteiger partial charge in [-0.05, 0) is 36.8 Å². The third kappa shape index (κ3) is 2.97.